The number of ether oxygens (including phenoxy) is 1. The third-order valence-corrected chi connectivity index (χ3v) is 2.48. The van der Waals surface area contributed by atoms with Crippen LogP contribution in [0.1, 0.15) is 40.0 Å². The smallest absolute Gasteiger partial charge is 0.316 e. The highest BCUT2D eigenvalue weighted by molar-refractivity contribution is 7.99. The predicted octanol–water partition coefficient (Wildman–Crippen LogP) is 2.76. The molecule has 0 amide bonds. The standard InChI is InChI=1S/C11H19NO2S/c1-11(2,3)14-10(13)9-15-8-6-4-5-7-12/h4-6,8-9H2,1-3H3. The van der Waals surface area contributed by atoms with Crippen LogP contribution in [-0.4, -0.2) is 23.1 Å². The van der Waals surface area contributed by atoms with Gasteiger partial charge in [-0.15, -0.1) is 0 Å². The van der Waals surface area contributed by atoms with E-state index in [0.717, 1.165) is 18.6 Å². The fourth-order valence-electron chi connectivity index (χ4n) is 0.935. The summed E-state index contributed by atoms with van der Waals surface area (Å²) in [5.74, 6) is 1.16. The van der Waals surface area contributed by atoms with E-state index in [-0.39, 0.29) is 5.97 Å². The zero-order chi connectivity index (χ0) is 11.7. The zero-order valence-electron chi connectivity index (χ0n) is 9.71. The molecule has 3 nitrogen and oxygen atoms in total. The fraction of sp³-hybridized carbons (Fsp3) is 0.818. The highest BCUT2D eigenvalue weighted by Crippen LogP contribution is 2.11. The molecule has 0 atom stereocenters. The maximum atomic E-state index is 11.3. The summed E-state index contributed by atoms with van der Waals surface area (Å²) in [7, 11) is 0. The Morgan fingerprint density at radius 1 is 1.40 bits per heavy atom. The number of rotatable bonds is 6. The van der Waals surface area contributed by atoms with Crippen molar-refractivity contribution in [3.63, 3.8) is 0 Å². The summed E-state index contributed by atoms with van der Waals surface area (Å²) < 4.78 is 5.15. The van der Waals surface area contributed by atoms with Crippen LogP contribution >= 0.6 is 11.8 Å². The molecule has 0 N–H and O–H groups in total. The summed E-state index contributed by atoms with van der Waals surface area (Å²) in [4.78, 5) is 11.3. The van der Waals surface area contributed by atoms with Crippen LogP contribution in [0.2, 0.25) is 0 Å². The molecule has 0 aromatic carbocycles. The Hall–Kier alpha value is -0.690. The predicted molar refractivity (Wildman–Crippen MR) is 62.6 cm³/mol. The van der Waals surface area contributed by atoms with Crippen LogP contribution in [0.5, 0.6) is 0 Å². The molecule has 0 aromatic rings. The number of unbranched alkanes of at least 4 members (excludes halogenated alkanes) is 2. The quantitative estimate of drug-likeness (QED) is 0.519. The Kier molecular flexibility index (Phi) is 7.23. The monoisotopic (exact) mass is 229 g/mol. The van der Waals surface area contributed by atoms with Gasteiger partial charge in [0.15, 0.2) is 0 Å². The summed E-state index contributed by atoms with van der Waals surface area (Å²) in [6, 6.07) is 2.10. The second-order valence-corrected chi connectivity index (χ2v) is 5.36. The van der Waals surface area contributed by atoms with Crippen molar-refractivity contribution < 1.29 is 9.53 Å². The van der Waals surface area contributed by atoms with Gasteiger partial charge >= 0.3 is 5.97 Å². The Morgan fingerprint density at radius 3 is 2.60 bits per heavy atom. The van der Waals surface area contributed by atoms with Gasteiger partial charge in [-0.3, -0.25) is 4.79 Å². The van der Waals surface area contributed by atoms with Gasteiger partial charge in [-0.25, -0.2) is 0 Å². The molecule has 4 heteroatoms. The minimum atomic E-state index is -0.390. The molecule has 0 aliphatic carbocycles. The van der Waals surface area contributed by atoms with Gasteiger partial charge in [0, 0.05) is 6.42 Å². The van der Waals surface area contributed by atoms with Crippen LogP contribution < -0.4 is 0 Å². The molecule has 86 valence electrons. The van der Waals surface area contributed by atoms with Crippen LogP contribution in [-0.2, 0) is 9.53 Å². The number of carbonyl (C=O) groups is 1. The average molecular weight is 229 g/mol. The minimum Gasteiger partial charge on any atom is -0.459 e. The van der Waals surface area contributed by atoms with Crippen LogP contribution in [0, 0.1) is 11.3 Å². The summed E-state index contributed by atoms with van der Waals surface area (Å²) in [5, 5.41) is 8.31. The lowest BCUT2D eigenvalue weighted by molar-refractivity contribution is -0.151. The normalized spacial score (nSPS) is 10.8. The Labute approximate surface area is 96.2 Å². The van der Waals surface area contributed by atoms with Crippen molar-refractivity contribution in [1.82, 2.24) is 0 Å². The van der Waals surface area contributed by atoms with Crippen molar-refractivity contribution >= 4 is 17.7 Å². The lowest BCUT2D eigenvalue weighted by atomic mass is 10.2. The molecule has 15 heavy (non-hydrogen) atoms. The van der Waals surface area contributed by atoms with Gasteiger partial charge in [-0.2, -0.15) is 17.0 Å². The molecule has 0 fully saturated rings. The number of esters is 1. The third-order valence-electron chi connectivity index (χ3n) is 1.47. The maximum absolute atomic E-state index is 11.3. The number of hydrogen-bond donors (Lipinski definition) is 0. The zero-order valence-corrected chi connectivity index (χ0v) is 10.5. The largest absolute Gasteiger partial charge is 0.459 e. The first-order valence-corrected chi connectivity index (χ1v) is 6.28. The second-order valence-electron chi connectivity index (χ2n) is 4.25. The topological polar surface area (TPSA) is 50.1 Å². The van der Waals surface area contributed by atoms with Gasteiger partial charge in [0.25, 0.3) is 0 Å². The lowest BCUT2D eigenvalue weighted by Gasteiger charge is -2.19. The molecule has 0 saturated heterocycles. The first-order valence-electron chi connectivity index (χ1n) is 5.12. The van der Waals surface area contributed by atoms with Crippen LogP contribution in [0.25, 0.3) is 0 Å². The molecule has 0 aliphatic heterocycles. The highest BCUT2D eigenvalue weighted by atomic mass is 32.2. The average Bonchev–Trinajstić information content (AvgIpc) is 2.08. The molecule has 0 rings (SSSR count). The number of hydrogen-bond acceptors (Lipinski definition) is 4. The Balaban J connectivity index is 3.37. The van der Waals surface area contributed by atoms with Crippen molar-refractivity contribution in [2.45, 2.75) is 45.6 Å². The molecule has 0 bridgehead atoms. The molecule has 0 unspecified atom stereocenters. The SMILES string of the molecule is CC(C)(C)OC(=O)CSCCCCC#N. The summed E-state index contributed by atoms with van der Waals surface area (Å²) >= 11 is 1.57. The van der Waals surface area contributed by atoms with Crippen LogP contribution in [0.15, 0.2) is 0 Å². The van der Waals surface area contributed by atoms with Crippen molar-refractivity contribution in [2.75, 3.05) is 11.5 Å². The molecule has 0 saturated carbocycles. The summed E-state index contributed by atoms with van der Waals surface area (Å²) in [5.41, 5.74) is -0.390. The Morgan fingerprint density at radius 2 is 2.07 bits per heavy atom. The molecule has 0 aromatic heterocycles. The van der Waals surface area contributed by atoms with E-state index in [2.05, 4.69) is 6.07 Å². The summed E-state index contributed by atoms with van der Waals surface area (Å²) in [6.07, 6.45) is 2.51. The van der Waals surface area contributed by atoms with E-state index in [1.165, 1.54) is 0 Å². The molecular formula is C11H19NO2S. The van der Waals surface area contributed by atoms with Crippen molar-refractivity contribution in [1.29, 1.82) is 5.26 Å². The van der Waals surface area contributed by atoms with Crippen molar-refractivity contribution in [2.24, 2.45) is 0 Å². The van der Waals surface area contributed by atoms with E-state index < -0.39 is 5.60 Å². The first kappa shape index (κ1) is 14.3. The van der Waals surface area contributed by atoms with Gasteiger partial charge in [0.2, 0.25) is 0 Å². The second kappa shape index (κ2) is 7.58. The first-order chi connectivity index (χ1) is 6.95. The fourth-order valence-corrected chi connectivity index (χ4v) is 1.71. The molecule has 0 spiro atoms. The molecule has 0 heterocycles. The maximum Gasteiger partial charge on any atom is 0.316 e. The van der Waals surface area contributed by atoms with E-state index in [0.29, 0.717) is 12.2 Å². The van der Waals surface area contributed by atoms with Gasteiger partial charge in [0.1, 0.15) is 5.60 Å². The highest BCUT2D eigenvalue weighted by Gasteiger charge is 2.15. The van der Waals surface area contributed by atoms with E-state index in [1.54, 1.807) is 11.8 Å². The van der Waals surface area contributed by atoms with Crippen molar-refractivity contribution in [3.8, 4) is 6.07 Å². The van der Waals surface area contributed by atoms with E-state index >= 15 is 0 Å². The van der Waals surface area contributed by atoms with Crippen molar-refractivity contribution in [3.05, 3.63) is 0 Å². The molecular weight excluding hydrogens is 210 g/mol. The minimum absolute atomic E-state index is 0.159. The van der Waals surface area contributed by atoms with E-state index in [1.807, 2.05) is 20.8 Å². The van der Waals surface area contributed by atoms with Crippen LogP contribution in [0.3, 0.4) is 0 Å². The lowest BCUT2D eigenvalue weighted by Crippen LogP contribution is -2.25. The van der Waals surface area contributed by atoms with Gasteiger partial charge in [-0.05, 0) is 39.4 Å². The third kappa shape index (κ3) is 11.2. The van der Waals surface area contributed by atoms with E-state index in [9.17, 15) is 4.79 Å². The summed E-state index contributed by atoms with van der Waals surface area (Å²) in [6.45, 7) is 5.59. The van der Waals surface area contributed by atoms with Crippen LogP contribution in [0.4, 0.5) is 0 Å². The van der Waals surface area contributed by atoms with E-state index in [4.69, 9.17) is 10.00 Å². The number of nitrogens with zero attached hydrogens (tertiary/aromatic N) is 1. The molecule has 0 radical (unpaired) electrons. The van der Waals surface area contributed by atoms with Gasteiger partial charge < -0.3 is 4.74 Å². The van der Waals surface area contributed by atoms with Gasteiger partial charge in [-0.1, -0.05) is 0 Å². The number of nitriles is 1. The Bertz CT molecular complexity index is 228. The number of carbonyl (C=O) groups excluding carboxylic acids is 1. The molecule has 0 aliphatic rings. The van der Waals surface area contributed by atoms with Gasteiger partial charge in [0.05, 0.1) is 11.8 Å². The number of thioether (sulfide) groups is 1.